The van der Waals surface area contributed by atoms with Crippen molar-refractivity contribution in [3.05, 3.63) is 0 Å². The number of nitrogens with zero attached hydrogens (tertiary/aromatic N) is 1. The highest BCUT2D eigenvalue weighted by molar-refractivity contribution is 4.80. The van der Waals surface area contributed by atoms with Crippen LogP contribution in [0.4, 0.5) is 0 Å². The van der Waals surface area contributed by atoms with E-state index in [0.29, 0.717) is 5.41 Å². The third-order valence-corrected chi connectivity index (χ3v) is 3.99. The Morgan fingerprint density at radius 1 is 1.19 bits per heavy atom. The highest BCUT2D eigenvalue weighted by atomic mass is 15.2. The van der Waals surface area contributed by atoms with Crippen molar-refractivity contribution in [2.45, 2.75) is 59.4 Å². The molecule has 0 bridgehead atoms. The lowest BCUT2D eigenvalue weighted by Gasteiger charge is -2.30. The van der Waals surface area contributed by atoms with Gasteiger partial charge in [0.2, 0.25) is 0 Å². The van der Waals surface area contributed by atoms with Gasteiger partial charge in [0.05, 0.1) is 0 Å². The van der Waals surface area contributed by atoms with Crippen LogP contribution in [0.3, 0.4) is 0 Å². The minimum absolute atomic E-state index is 0.561. The van der Waals surface area contributed by atoms with Gasteiger partial charge < -0.3 is 5.32 Å². The maximum Gasteiger partial charge on any atom is 0.0218 e. The van der Waals surface area contributed by atoms with Crippen LogP contribution >= 0.6 is 0 Å². The predicted molar refractivity (Wildman–Crippen MR) is 71.8 cm³/mol. The van der Waals surface area contributed by atoms with E-state index in [-0.39, 0.29) is 0 Å². The third-order valence-electron chi connectivity index (χ3n) is 3.99. The Bertz CT molecular complexity index is 189. The fourth-order valence-electron chi connectivity index (χ4n) is 2.65. The van der Waals surface area contributed by atoms with Crippen LogP contribution in [0.5, 0.6) is 0 Å². The number of nitrogens with one attached hydrogen (secondary N) is 1. The predicted octanol–water partition coefficient (Wildman–Crippen LogP) is 2.89. The number of likely N-dealkylation sites (N-methyl/N-ethyl adjacent to an activating group) is 1. The molecule has 1 rings (SSSR count). The van der Waals surface area contributed by atoms with Gasteiger partial charge >= 0.3 is 0 Å². The van der Waals surface area contributed by atoms with Crippen LogP contribution in [0.1, 0.15) is 53.4 Å². The second kappa shape index (κ2) is 6.61. The lowest BCUT2D eigenvalue weighted by Crippen LogP contribution is -2.42. The Hall–Kier alpha value is -0.0800. The summed E-state index contributed by atoms with van der Waals surface area (Å²) in [6, 6.07) is 0.744. The van der Waals surface area contributed by atoms with Gasteiger partial charge in [-0.1, -0.05) is 27.7 Å². The summed E-state index contributed by atoms with van der Waals surface area (Å²) in [7, 11) is 0. The van der Waals surface area contributed by atoms with E-state index < -0.39 is 0 Å². The van der Waals surface area contributed by atoms with Gasteiger partial charge in [-0.05, 0) is 50.7 Å². The van der Waals surface area contributed by atoms with Crippen LogP contribution in [0.25, 0.3) is 0 Å². The molecule has 1 atom stereocenters. The first kappa shape index (κ1) is 14.0. The van der Waals surface area contributed by atoms with Crippen LogP contribution in [0, 0.1) is 5.41 Å². The van der Waals surface area contributed by atoms with Gasteiger partial charge in [0.15, 0.2) is 0 Å². The molecule has 1 unspecified atom stereocenters. The summed E-state index contributed by atoms with van der Waals surface area (Å²) >= 11 is 0. The van der Waals surface area contributed by atoms with Crippen LogP contribution in [0.2, 0.25) is 0 Å². The molecule has 0 aromatic rings. The molecule has 2 heteroatoms. The molecule has 16 heavy (non-hydrogen) atoms. The molecule has 0 aromatic carbocycles. The highest BCUT2D eigenvalue weighted by Gasteiger charge is 2.25. The van der Waals surface area contributed by atoms with Crippen molar-refractivity contribution in [3.8, 4) is 0 Å². The molecule has 1 fully saturated rings. The Balaban J connectivity index is 2.44. The monoisotopic (exact) mass is 226 g/mol. The van der Waals surface area contributed by atoms with Gasteiger partial charge in [-0.3, -0.25) is 4.90 Å². The molecule has 2 nitrogen and oxygen atoms in total. The first-order chi connectivity index (χ1) is 7.59. The van der Waals surface area contributed by atoms with Gasteiger partial charge in [-0.15, -0.1) is 0 Å². The first-order valence-corrected chi connectivity index (χ1v) is 7.04. The van der Waals surface area contributed by atoms with Crippen molar-refractivity contribution >= 4 is 0 Å². The molecule has 1 aliphatic heterocycles. The molecular formula is C14H30N2. The second-order valence-electron chi connectivity index (χ2n) is 5.92. The Morgan fingerprint density at radius 3 is 2.56 bits per heavy atom. The van der Waals surface area contributed by atoms with Crippen molar-refractivity contribution in [3.63, 3.8) is 0 Å². The van der Waals surface area contributed by atoms with Gasteiger partial charge in [-0.2, -0.15) is 0 Å². The van der Waals surface area contributed by atoms with E-state index >= 15 is 0 Å². The SMILES string of the molecule is CCNCC(CC)N1CCCC(C)(C)CC1. The summed E-state index contributed by atoms with van der Waals surface area (Å²) in [5.74, 6) is 0. The maximum atomic E-state index is 3.50. The van der Waals surface area contributed by atoms with Crippen molar-refractivity contribution < 1.29 is 0 Å². The van der Waals surface area contributed by atoms with Crippen molar-refractivity contribution in [1.82, 2.24) is 10.2 Å². The van der Waals surface area contributed by atoms with Crippen molar-refractivity contribution in [2.24, 2.45) is 5.41 Å². The molecule has 0 amide bonds. The fourth-order valence-corrected chi connectivity index (χ4v) is 2.65. The molecule has 0 aliphatic carbocycles. The van der Waals surface area contributed by atoms with E-state index in [2.05, 4.69) is 37.9 Å². The zero-order valence-electron chi connectivity index (χ0n) is 11.7. The minimum Gasteiger partial charge on any atom is -0.315 e. The van der Waals surface area contributed by atoms with Gasteiger partial charge in [0.25, 0.3) is 0 Å². The molecule has 1 saturated heterocycles. The summed E-state index contributed by atoms with van der Waals surface area (Å²) in [5, 5.41) is 3.50. The van der Waals surface area contributed by atoms with Gasteiger partial charge in [-0.25, -0.2) is 0 Å². The maximum absolute atomic E-state index is 3.50. The topological polar surface area (TPSA) is 15.3 Å². The van der Waals surface area contributed by atoms with E-state index in [1.165, 1.54) is 38.8 Å². The van der Waals surface area contributed by atoms with E-state index in [0.717, 1.165) is 19.1 Å². The Morgan fingerprint density at radius 2 is 1.94 bits per heavy atom. The average molecular weight is 226 g/mol. The second-order valence-corrected chi connectivity index (χ2v) is 5.92. The number of likely N-dealkylation sites (tertiary alicyclic amines) is 1. The smallest absolute Gasteiger partial charge is 0.0218 e. The van der Waals surface area contributed by atoms with E-state index in [1.54, 1.807) is 0 Å². The highest BCUT2D eigenvalue weighted by Crippen LogP contribution is 2.30. The third kappa shape index (κ3) is 4.42. The first-order valence-electron chi connectivity index (χ1n) is 7.04. The van der Waals surface area contributed by atoms with Crippen LogP contribution in [0.15, 0.2) is 0 Å². The standard InChI is InChI=1S/C14H30N2/c1-5-13(12-15-6-2)16-10-7-8-14(3,4)9-11-16/h13,15H,5-12H2,1-4H3. The summed E-state index contributed by atoms with van der Waals surface area (Å²) in [4.78, 5) is 2.71. The zero-order valence-corrected chi connectivity index (χ0v) is 11.7. The van der Waals surface area contributed by atoms with Crippen LogP contribution < -0.4 is 5.32 Å². The van der Waals surface area contributed by atoms with Gasteiger partial charge in [0, 0.05) is 12.6 Å². The lowest BCUT2D eigenvalue weighted by molar-refractivity contribution is 0.186. The normalized spacial score (nSPS) is 24.0. The van der Waals surface area contributed by atoms with Crippen molar-refractivity contribution in [1.29, 1.82) is 0 Å². The molecule has 0 saturated carbocycles. The van der Waals surface area contributed by atoms with Crippen LogP contribution in [-0.2, 0) is 0 Å². The average Bonchev–Trinajstić information content (AvgIpc) is 2.41. The molecule has 96 valence electrons. The molecule has 0 spiro atoms. The lowest BCUT2D eigenvalue weighted by atomic mass is 9.85. The number of hydrogen-bond acceptors (Lipinski definition) is 2. The summed E-state index contributed by atoms with van der Waals surface area (Å²) in [6.45, 7) is 14.2. The number of hydrogen-bond donors (Lipinski definition) is 1. The molecule has 1 heterocycles. The van der Waals surface area contributed by atoms with E-state index in [9.17, 15) is 0 Å². The summed E-state index contributed by atoms with van der Waals surface area (Å²) in [5.41, 5.74) is 0.561. The largest absolute Gasteiger partial charge is 0.315 e. The quantitative estimate of drug-likeness (QED) is 0.775. The molecule has 1 aliphatic rings. The molecular weight excluding hydrogens is 196 g/mol. The summed E-state index contributed by atoms with van der Waals surface area (Å²) in [6.07, 6.45) is 5.39. The number of rotatable bonds is 5. The molecule has 0 radical (unpaired) electrons. The van der Waals surface area contributed by atoms with Crippen LogP contribution in [-0.4, -0.2) is 37.1 Å². The molecule has 0 aromatic heterocycles. The summed E-state index contributed by atoms with van der Waals surface area (Å²) < 4.78 is 0. The zero-order chi connectivity index (χ0) is 12.0. The van der Waals surface area contributed by atoms with Gasteiger partial charge in [0.1, 0.15) is 0 Å². The van der Waals surface area contributed by atoms with E-state index in [4.69, 9.17) is 0 Å². The minimum atomic E-state index is 0.561. The van der Waals surface area contributed by atoms with Crippen molar-refractivity contribution in [2.75, 3.05) is 26.2 Å². The Kier molecular flexibility index (Phi) is 5.77. The Labute approximate surface area is 102 Å². The molecule has 1 N–H and O–H groups in total. The fraction of sp³-hybridized carbons (Fsp3) is 1.00. The van der Waals surface area contributed by atoms with E-state index in [1.807, 2.05) is 0 Å².